The highest BCUT2D eigenvalue weighted by Gasteiger charge is 2.33. The van der Waals surface area contributed by atoms with Gasteiger partial charge in [-0.3, -0.25) is 9.59 Å². The summed E-state index contributed by atoms with van der Waals surface area (Å²) in [7, 11) is 0. The van der Waals surface area contributed by atoms with E-state index in [-0.39, 0.29) is 37.0 Å². The molecule has 6 heteroatoms. The summed E-state index contributed by atoms with van der Waals surface area (Å²) in [5.41, 5.74) is 4.86. The van der Waals surface area contributed by atoms with Gasteiger partial charge in [0.05, 0.1) is 11.6 Å². The van der Waals surface area contributed by atoms with Gasteiger partial charge in [-0.1, -0.05) is 49.4 Å². The van der Waals surface area contributed by atoms with Crippen LogP contribution in [0.1, 0.15) is 56.5 Å². The molecule has 2 aromatic carbocycles. The number of ether oxygens (including phenoxy) is 3. The van der Waals surface area contributed by atoms with Crippen LogP contribution < -0.4 is 0 Å². The second-order valence-electron chi connectivity index (χ2n) is 8.64. The second-order valence-corrected chi connectivity index (χ2v) is 8.64. The molecule has 4 rings (SSSR count). The Morgan fingerprint density at radius 2 is 1.73 bits per heavy atom. The molecule has 0 N–H and O–H groups in total. The minimum atomic E-state index is -0.354. The summed E-state index contributed by atoms with van der Waals surface area (Å²) >= 11 is 0. The van der Waals surface area contributed by atoms with Crippen LogP contribution >= 0.6 is 0 Å². The Morgan fingerprint density at radius 3 is 2.42 bits per heavy atom. The Kier molecular flexibility index (Phi) is 7.14. The zero-order valence-electron chi connectivity index (χ0n) is 19.5. The van der Waals surface area contributed by atoms with E-state index in [4.69, 9.17) is 14.2 Å². The van der Waals surface area contributed by atoms with Gasteiger partial charge in [-0.05, 0) is 35.6 Å². The molecule has 1 saturated heterocycles. The van der Waals surface area contributed by atoms with Gasteiger partial charge in [-0.25, -0.2) is 0 Å². The lowest BCUT2D eigenvalue weighted by molar-refractivity contribution is -0.178. The number of rotatable bonds is 7. The third-order valence-electron chi connectivity index (χ3n) is 6.10. The number of aryl methyl sites for hydroxylation is 1. The Bertz CT molecular complexity index is 1120. The number of nitrogens with zero attached hydrogens (tertiary/aromatic N) is 1. The number of hydrogen-bond donors (Lipinski definition) is 0. The van der Waals surface area contributed by atoms with Crippen LogP contribution in [-0.4, -0.2) is 35.3 Å². The molecule has 0 amide bonds. The zero-order chi connectivity index (χ0) is 23.4. The third kappa shape index (κ3) is 5.63. The predicted octanol–water partition coefficient (Wildman–Crippen LogP) is 4.97. The quantitative estimate of drug-likeness (QED) is 0.477. The van der Waals surface area contributed by atoms with E-state index in [1.807, 2.05) is 12.1 Å². The highest BCUT2D eigenvalue weighted by molar-refractivity contribution is 5.84. The number of aromatic nitrogens is 1. The summed E-state index contributed by atoms with van der Waals surface area (Å²) in [4.78, 5) is 23.0. The van der Waals surface area contributed by atoms with Gasteiger partial charge in [0.1, 0.15) is 18.9 Å². The molecule has 1 aliphatic rings. The standard InChI is InChI=1S/C27H31NO5/c1-4-20-9-11-21(12-10-20)13-22-16-28(26-8-6-5-7-25(22)26)27-15-23(32-19(3)30)14-24(33-27)17-31-18(2)29/h5-12,16,23-24,27H,4,13-15,17H2,1-3H3/t23-,24-,27+/m0/s1. The average Bonchev–Trinajstić information content (AvgIpc) is 3.16. The number of benzene rings is 2. The van der Waals surface area contributed by atoms with E-state index in [1.54, 1.807) is 0 Å². The van der Waals surface area contributed by atoms with Gasteiger partial charge >= 0.3 is 11.9 Å². The average molecular weight is 450 g/mol. The molecule has 0 unspecified atom stereocenters. The van der Waals surface area contributed by atoms with Crippen LogP contribution in [0.4, 0.5) is 0 Å². The second kappa shape index (κ2) is 10.2. The Balaban J connectivity index is 1.63. The molecule has 0 aliphatic carbocycles. The molecule has 3 aromatic rings. The monoisotopic (exact) mass is 449 g/mol. The van der Waals surface area contributed by atoms with Crippen molar-refractivity contribution in [1.82, 2.24) is 4.57 Å². The summed E-state index contributed by atoms with van der Waals surface area (Å²) in [6.07, 6.45) is 4.05. The molecule has 0 bridgehead atoms. The van der Waals surface area contributed by atoms with Crippen LogP contribution in [0.3, 0.4) is 0 Å². The smallest absolute Gasteiger partial charge is 0.302 e. The van der Waals surface area contributed by atoms with Crippen molar-refractivity contribution in [3.8, 4) is 0 Å². The molecule has 174 valence electrons. The third-order valence-corrected chi connectivity index (χ3v) is 6.10. The lowest BCUT2D eigenvalue weighted by Crippen LogP contribution is -2.38. The highest BCUT2D eigenvalue weighted by atomic mass is 16.6. The summed E-state index contributed by atoms with van der Waals surface area (Å²) in [6.45, 7) is 5.09. The Hall–Kier alpha value is -3.12. The first-order chi connectivity index (χ1) is 15.9. The van der Waals surface area contributed by atoms with Crippen molar-refractivity contribution in [2.45, 2.75) is 64.9 Å². The van der Waals surface area contributed by atoms with Gasteiger partial charge in [0.15, 0.2) is 0 Å². The van der Waals surface area contributed by atoms with Gasteiger partial charge in [0.2, 0.25) is 0 Å². The van der Waals surface area contributed by atoms with Gasteiger partial charge < -0.3 is 18.8 Å². The zero-order valence-corrected chi connectivity index (χ0v) is 19.5. The topological polar surface area (TPSA) is 66.8 Å². The largest absolute Gasteiger partial charge is 0.463 e. The number of carbonyl (C=O) groups excluding carboxylic acids is 2. The minimum absolute atomic E-state index is 0.138. The van der Waals surface area contributed by atoms with Gasteiger partial charge in [0.25, 0.3) is 0 Å². The summed E-state index contributed by atoms with van der Waals surface area (Å²) in [5.74, 6) is -0.673. The van der Waals surface area contributed by atoms with Crippen molar-refractivity contribution in [2.75, 3.05) is 6.61 Å². The van der Waals surface area contributed by atoms with E-state index < -0.39 is 0 Å². The van der Waals surface area contributed by atoms with E-state index >= 15 is 0 Å². The summed E-state index contributed by atoms with van der Waals surface area (Å²) in [5, 5.41) is 1.17. The SMILES string of the molecule is CCc1ccc(Cc2cn([C@H]3C[C@@H](OC(C)=O)C[C@@H](COC(C)=O)O3)c3ccccc23)cc1. The maximum Gasteiger partial charge on any atom is 0.302 e. The number of fused-ring (bicyclic) bond motifs is 1. The van der Waals surface area contributed by atoms with Crippen molar-refractivity contribution in [2.24, 2.45) is 0 Å². The van der Waals surface area contributed by atoms with Crippen LogP contribution in [-0.2, 0) is 36.6 Å². The summed E-state index contributed by atoms with van der Waals surface area (Å²) < 4.78 is 19.2. The lowest BCUT2D eigenvalue weighted by atomic mass is 10.0. The molecule has 3 atom stereocenters. The van der Waals surface area contributed by atoms with Crippen molar-refractivity contribution in [3.63, 3.8) is 0 Å². The molecule has 0 saturated carbocycles. The molecule has 0 radical (unpaired) electrons. The maximum absolute atomic E-state index is 11.6. The molecule has 0 spiro atoms. The first-order valence-corrected chi connectivity index (χ1v) is 11.5. The number of hydrogen-bond acceptors (Lipinski definition) is 5. The minimum Gasteiger partial charge on any atom is -0.463 e. The Morgan fingerprint density at radius 1 is 1.00 bits per heavy atom. The predicted molar refractivity (Wildman–Crippen MR) is 126 cm³/mol. The van der Waals surface area contributed by atoms with E-state index in [2.05, 4.69) is 54.1 Å². The lowest BCUT2D eigenvalue weighted by Gasteiger charge is -2.35. The molecule has 33 heavy (non-hydrogen) atoms. The molecule has 6 nitrogen and oxygen atoms in total. The van der Waals surface area contributed by atoms with Crippen LogP contribution in [0.25, 0.3) is 10.9 Å². The fourth-order valence-corrected chi connectivity index (χ4v) is 4.54. The molecule has 1 aromatic heterocycles. The van der Waals surface area contributed by atoms with Gasteiger partial charge in [-0.15, -0.1) is 0 Å². The normalized spacial score (nSPS) is 20.5. The van der Waals surface area contributed by atoms with E-state index in [1.165, 1.54) is 35.9 Å². The van der Waals surface area contributed by atoms with Crippen molar-refractivity contribution >= 4 is 22.8 Å². The highest BCUT2D eigenvalue weighted by Crippen LogP contribution is 2.34. The number of para-hydroxylation sites is 1. The van der Waals surface area contributed by atoms with Crippen LogP contribution in [0, 0.1) is 0 Å². The van der Waals surface area contributed by atoms with Gasteiger partial charge in [-0.2, -0.15) is 0 Å². The van der Waals surface area contributed by atoms with Crippen LogP contribution in [0.15, 0.2) is 54.7 Å². The van der Waals surface area contributed by atoms with Crippen molar-refractivity contribution in [1.29, 1.82) is 0 Å². The molecular formula is C27H31NO5. The van der Waals surface area contributed by atoms with Crippen LogP contribution in [0.2, 0.25) is 0 Å². The molecule has 1 aliphatic heterocycles. The molecule has 1 fully saturated rings. The fourth-order valence-electron chi connectivity index (χ4n) is 4.54. The fraction of sp³-hybridized carbons (Fsp3) is 0.407. The summed E-state index contributed by atoms with van der Waals surface area (Å²) in [6, 6.07) is 17.0. The number of esters is 2. The van der Waals surface area contributed by atoms with E-state index in [0.717, 1.165) is 18.4 Å². The first kappa shape index (κ1) is 23.1. The van der Waals surface area contributed by atoms with Crippen molar-refractivity contribution < 1.29 is 23.8 Å². The molecule has 2 heterocycles. The van der Waals surface area contributed by atoms with Gasteiger partial charge in [0, 0.05) is 38.3 Å². The van der Waals surface area contributed by atoms with Crippen molar-refractivity contribution in [3.05, 3.63) is 71.4 Å². The maximum atomic E-state index is 11.6. The van der Waals surface area contributed by atoms with E-state index in [9.17, 15) is 9.59 Å². The Labute approximate surface area is 194 Å². The molecular weight excluding hydrogens is 418 g/mol. The number of carbonyl (C=O) groups is 2. The first-order valence-electron chi connectivity index (χ1n) is 11.5. The van der Waals surface area contributed by atoms with E-state index in [0.29, 0.717) is 12.8 Å². The van der Waals surface area contributed by atoms with Crippen LogP contribution in [0.5, 0.6) is 0 Å².